The van der Waals surface area contributed by atoms with Crippen molar-refractivity contribution in [3.8, 4) is 5.75 Å². The van der Waals surface area contributed by atoms with Crippen molar-refractivity contribution in [3.05, 3.63) is 28.5 Å². The zero-order chi connectivity index (χ0) is 26.9. The molecule has 1 amide bonds. The summed E-state index contributed by atoms with van der Waals surface area (Å²) in [6.45, 7) is -1.90. The van der Waals surface area contributed by atoms with Crippen molar-refractivity contribution in [2.75, 3.05) is 12.9 Å². The lowest BCUT2D eigenvalue weighted by Gasteiger charge is -2.64. The highest BCUT2D eigenvalue weighted by Crippen LogP contribution is 2.53. The van der Waals surface area contributed by atoms with E-state index in [9.17, 15) is 68.7 Å². The number of aliphatic hydroxyl groups is 10. The molecular weight excluding hydrogens is 515 g/mol. The Kier molecular flexibility index (Phi) is 6.65. The van der Waals surface area contributed by atoms with Crippen LogP contribution < -0.4 is 9.46 Å². The van der Waals surface area contributed by atoms with E-state index in [1.165, 1.54) is 4.72 Å². The van der Waals surface area contributed by atoms with Gasteiger partial charge in [-0.15, -0.1) is 0 Å². The second-order valence-electron chi connectivity index (χ2n) is 7.57. The minimum Gasteiger partial charge on any atom is -0.489 e. The van der Waals surface area contributed by atoms with E-state index in [0.29, 0.717) is 18.4 Å². The van der Waals surface area contributed by atoms with E-state index in [-0.39, 0.29) is 0 Å². The number of halogens is 2. The summed E-state index contributed by atoms with van der Waals surface area (Å²) in [5.41, 5.74) is -9.50. The van der Waals surface area contributed by atoms with Crippen LogP contribution in [-0.4, -0.2) is 120 Å². The highest BCUT2D eigenvalue weighted by Gasteiger charge is 2.89. The number of ether oxygens (including phenoxy) is 1. The number of nitrogens with one attached hydrogen (secondary N) is 1. The van der Waals surface area contributed by atoms with E-state index in [1.54, 1.807) is 0 Å². The summed E-state index contributed by atoms with van der Waals surface area (Å²) in [5.74, 6) is -22.9. The Labute approximate surface area is 195 Å². The van der Waals surface area contributed by atoms with Crippen LogP contribution in [-0.2, 0) is 10.0 Å². The molecule has 0 bridgehead atoms. The average molecular weight is 534 g/mol. The van der Waals surface area contributed by atoms with E-state index in [2.05, 4.69) is 0 Å². The maximum Gasteiger partial charge on any atom is 0.283 e. The zero-order valence-electron chi connectivity index (χ0n) is 16.7. The standard InChI is InChI=1S/C15H18BClFNO14S/c1-34(31,32)19-9(20)5-2-6(17)8(3-7(5)18)33-4-10(21)11(16,22)13(25,26)15(29,30)14(27,28)12(10,23)24/h2-3,21-30H,4H2,1H3,(H,19,20). The molecule has 19 heteroatoms. The third kappa shape index (κ3) is 3.76. The quantitative estimate of drug-likeness (QED) is 0.124. The normalized spacial score (nSPS) is 29.3. The molecule has 2 unspecified atom stereocenters. The first kappa shape index (κ1) is 28.6. The second-order valence-corrected chi connectivity index (χ2v) is 9.73. The van der Waals surface area contributed by atoms with Crippen molar-refractivity contribution >= 4 is 35.4 Å². The Hall–Kier alpha value is -1.68. The van der Waals surface area contributed by atoms with Crippen LogP contribution >= 0.6 is 11.6 Å². The van der Waals surface area contributed by atoms with Gasteiger partial charge in [-0.1, -0.05) is 11.6 Å². The van der Waals surface area contributed by atoms with Gasteiger partial charge in [0, 0.05) is 6.07 Å². The molecule has 1 aliphatic carbocycles. The number of hydrogen-bond donors (Lipinski definition) is 11. The van der Waals surface area contributed by atoms with Crippen LogP contribution in [0.5, 0.6) is 5.75 Å². The monoisotopic (exact) mass is 533 g/mol. The Morgan fingerprint density at radius 1 is 1.00 bits per heavy atom. The number of sulfonamides is 1. The summed E-state index contributed by atoms with van der Waals surface area (Å²) < 4.78 is 42.8. The molecule has 0 aliphatic heterocycles. The van der Waals surface area contributed by atoms with Gasteiger partial charge >= 0.3 is 0 Å². The maximum atomic E-state index is 14.3. The highest BCUT2D eigenvalue weighted by atomic mass is 35.5. The molecule has 0 spiro atoms. The predicted octanol–water partition coefficient (Wildman–Crippen LogP) is -6.13. The molecule has 2 rings (SSSR count). The summed E-state index contributed by atoms with van der Waals surface area (Å²) >= 11 is 5.78. The van der Waals surface area contributed by atoms with Crippen LogP contribution in [0.25, 0.3) is 0 Å². The fraction of sp³-hybridized carbons (Fsp3) is 0.533. The van der Waals surface area contributed by atoms with E-state index < -0.39 is 78.9 Å². The Morgan fingerprint density at radius 2 is 1.47 bits per heavy atom. The molecule has 11 N–H and O–H groups in total. The molecule has 1 fully saturated rings. The highest BCUT2D eigenvalue weighted by molar-refractivity contribution is 7.89. The fourth-order valence-corrected chi connectivity index (χ4v) is 3.69. The van der Waals surface area contributed by atoms with Gasteiger partial charge in [0.15, 0.2) is 5.60 Å². The molecular formula is C15H18BClFNO14S. The molecule has 1 saturated carbocycles. The van der Waals surface area contributed by atoms with Crippen molar-refractivity contribution in [2.45, 2.75) is 34.2 Å². The van der Waals surface area contributed by atoms with E-state index in [4.69, 9.17) is 24.2 Å². The minimum atomic E-state index is -4.85. The molecule has 1 aromatic rings. The summed E-state index contributed by atoms with van der Waals surface area (Å²) in [6.07, 6.45) is 0.592. The Balaban J connectivity index is 2.51. The molecule has 34 heavy (non-hydrogen) atoms. The van der Waals surface area contributed by atoms with Gasteiger partial charge in [0.05, 0.1) is 16.8 Å². The first-order chi connectivity index (χ1) is 14.9. The average Bonchev–Trinajstić information content (AvgIpc) is 2.64. The van der Waals surface area contributed by atoms with Crippen LogP contribution in [0.4, 0.5) is 4.39 Å². The summed E-state index contributed by atoms with van der Waals surface area (Å²) in [6, 6.07) is 0.824. The van der Waals surface area contributed by atoms with Crippen molar-refractivity contribution in [1.82, 2.24) is 4.72 Å². The molecule has 2 radical (unpaired) electrons. The van der Waals surface area contributed by atoms with Gasteiger partial charge in [-0.25, -0.2) is 17.5 Å². The van der Waals surface area contributed by atoms with Crippen LogP contribution in [0.2, 0.25) is 5.02 Å². The third-order valence-electron chi connectivity index (χ3n) is 5.18. The fourth-order valence-electron chi connectivity index (χ4n) is 3.02. The minimum absolute atomic E-state index is 0.302. The number of amides is 1. The Morgan fingerprint density at radius 3 is 1.94 bits per heavy atom. The van der Waals surface area contributed by atoms with Gasteiger partial charge in [0.25, 0.3) is 23.3 Å². The van der Waals surface area contributed by atoms with E-state index in [1.807, 2.05) is 0 Å². The lowest BCUT2D eigenvalue weighted by Crippen LogP contribution is -2.96. The van der Waals surface area contributed by atoms with Gasteiger partial charge in [-0.2, -0.15) is 0 Å². The molecule has 0 aromatic heterocycles. The van der Waals surface area contributed by atoms with Crippen LogP contribution in [0.1, 0.15) is 10.4 Å². The second kappa shape index (κ2) is 7.92. The lowest BCUT2D eigenvalue weighted by molar-refractivity contribution is -0.578. The molecule has 0 saturated heterocycles. The van der Waals surface area contributed by atoms with Crippen molar-refractivity contribution in [3.63, 3.8) is 0 Å². The first-order valence-corrected chi connectivity index (χ1v) is 10.8. The SMILES string of the molecule is [B]C1(O)C(O)(O)C(O)(O)C(O)(O)C(O)(O)C1(O)COc1cc(F)c(C(=O)NS(C)(=O)=O)cc1Cl. The van der Waals surface area contributed by atoms with Gasteiger partial charge in [0.1, 0.15) is 31.5 Å². The van der Waals surface area contributed by atoms with Crippen molar-refractivity contribution < 1.29 is 73.4 Å². The molecule has 1 aromatic carbocycles. The van der Waals surface area contributed by atoms with Gasteiger partial charge in [0.2, 0.25) is 15.8 Å². The van der Waals surface area contributed by atoms with Gasteiger partial charge in [-0.3, -0.25) is 4.79 Å². The van der Waals surface area contributed by atoms with Crippen LogP contribution in [0.15, 0.2) is 12.1 Å². The van der Waals surface area contributed by atoms with Crippen LogP contribution in [0.3, 0.4) is 0 Å². The molecule has 190 valence electrons. The van der Waals surface area contributed by atoms with E-state index in [0.717, 1.165) is 0 Å². The summed E-state index contributed by atoms with van der Waals surface area (Å²) in [4.78, 5) is 11.8. The number of carbonyl (C=O) groups is 1. The van der Waals surface area contributed by atoms with E-state index >= 15 is 0 Å². The first-order valence-electron chi connectivity index (χ1n) is 8.55. The predicted molar refractivity (Wildman–Crippen MR) is 104 cm³/mol. The van der Waals surface area contributed by atoms with Gasteiger partial charge in [-0.05, 0) is 6.07 Å². The summed E-state index contributed by atoms with van der Waals surface area (Å²) in [7, 11) is 0.999. The zero-order valence-corrected chi connectivity index (χ0v) is 18.3. The van der Waals surface area contributed by atoms with Crippen molar-refractivity contribution in [1.29, 1.82) is 0 Å². The molecule has 1 aliphatic rings. The number of rotatable bonds is 5. The van der Waals surface area contributed by atoms with Gasteiger partial charge < -0.3 is 55.8 Å². The third-order valence-corrected chi connectivity index (χ3v) is 6.03. The topological polar surface area (TPSA) is 275 Å². The van der Waals surface area contributed by atoms with Crippen molar-refractivity contribution in [2.24, 2.45) is 0 Å². The molecule has 15 nitrogen and oxygen atoms in total. The largest absolute Gasteiger partial charge is 0.489 e. The smallest absolute Gasteiger partial charge is 0.283 e. The Bertz CT molecular complexity index is 1090. The summed E-state index contributed by atoms with van der Waals surface area (Å²) in [5, 5.41) is 98.9. The molecule has 2 atom stereocenters. The molecule has 0 heterocycles. The maximum absolute atomic E-state index is 14.3. The number of hydrogen-bond acceptors (Lipinski definition) is 14. The number of benzene rings is 1. The van der Waals surface area contributed by atoms with Crippen LogP contribution in [0, 0.1) is 5.82 Å². The lowest BCUT2D eigenvalue weighted by atomic mass is 9.51. The number of carbonyl (C=O) groups excluding carboxylic acids is 1.